The van der Waals surface area contributed by atoms with Gasteiger partial charge < -0.3 is 11.1 Å². The monoisotopic (exact) mass is 467 g/mol. The summed E-state index contributed by atoms with van der Waals surface area (Å²) in [6.07, 6.45) is 0.553. The second-order valence-corrected chi connectivity index (χ2v) is 6.80. The van der Waals surface area contributed by atoms with Crippen molar-refractivity contribution in [2.45, 2.75) is 6.18 Å². The summed E-state index contributed by atoms with van der Waals surface area (Å²) in [5, 5.41) is 6.20. The largest absolute Gasteiger partial charge is 0.416 e. The molecule has 170 valence electrons. The van der Waals surface area contributed by atoms with E-state index in [0.29, 0.717) is 5.56 Å². The van der Waals surface area contributed by atoms with E-state index in [4.69, 9.17) is 5.73 Å². The average molecular weight is 467 g/mol. The summed E-state index contributed by atoms with van der Waals surface area (Å²) >= 11 is 0. The van der Waals surface area contributed by atoms with Gasteiger partial charge in [-0.1, -0.05) is 11.8 Å². The van der Waals surface area contributed by atoms with Gasteiger partial charge in [0.25, 0.3) is 5.91 Å². The summed E-state index contributed by atoms with van der Waals surface area (Å²) in [6, 6.07) is 6.26. The van der Waals surface area contributed by atoms with Crippen molar-refractivity contribution in [3.05, 3.63) is 89.5 Å². The van der Waals surface area contributed by atoms with E-state index in [1.165, 1.54) is 41.9 Å². The fourth-order valence-electron chi connectivity index (χ4n) is 2.86. The number of nitrogens with one attached hydrogen (secondary N) is 1. The highest BCUT2D eigenvalue weighted by molar-refractivity contribution is 6.05. The minimum absolute atomic E-state index is 0.0751. The molecular formula is C22H13F4N7O. The fourth-order valence-corrected chi connectivity index (χ4v) is 2.86. The number of hydrogen-bond donors (Lipinski definition) is 2. The molecule has 2 aromatic heterocycles. The number of nitrogens with zero attached hydrogens (tertiary/aromatic N) is 5. The van der Waals surface area contributed by atoms with Crippen molar-refractivity contribution >= 4 is 17.5 Å². The van der Waals surface area contributed by atoms with Crippen LogP contribution in [0.4, 0.5) is 29.2 Å². The van der Waals surface area contributed by atoms with Gasteiger partial charge >= 0.3 is 6.18 Å². The molecule has 4 aromatic rings. The molecule has 0 aliphatic rings. The van der Waals surface area contributed by atoms with E-state index in [0.717, 1.165) is 24.3 Å². The van der Waals surface area contributed by atoms with Crippen LogP contribution < -0.4 is 11.1 Å². The van der Waals surface area contributed by atoms with Crippen LogP contribution in [0.2, 0.25) is 0 Å². The zero-order valence-corrected chi connectivity index (χ0v) is 17.0. The Kier molecular flexibility index (Phi) is 5.92. The first-order valence-electron chi connectivity index (χ1n) is 9.47. The number of carbonyl (C=O) groups excluding carboxylic acids is 1. The number of carbonyl (C=O) groups is 1. The van der Waals surface area contributed by atoms with Crippen LogP contribution in [-0.2, 0) is 6.18 Å². The highest BCUT2D eigenvalue weighted by Crippen LogP contribution is 2.33. The lowest BCUT2D eigenvalue weighted by molar-refractivity contribution is -0.137. The lowest BCUT2D eigenvalue weighted by Crippen LogP contribution is -2.17. The molecule has 4 rings (SSSR count). The van der Waals surface area contributed by atoms with Crippen molar-refractivity contribution in [1.82, 2.24) is 24.7 Å². The zero-order chi connectivity index (χ0) is 24.3. The number of aromatic nitrogens is 5. The Morgan fingerprint density at radius 2 is 1.76 bits per heavy atom. The molecule has 0 saturated carbocycles. The number of rotatable bonds is 3. The van der Waals surface area contributed by atoms with Crippen molar-refractivity contribution in [2.24, 2.45) is 0 Å². The molecular weight excluding hydrogens is 454 g/mol. The first kappa shape index (κ1) is 22.4. The Morgan fingerprint density at radius 3 is 2.44 bits per heavy atom. The van der Waals surface area contributed by atoms with Crippen molar-refractivity contribution in [3.63, 3.8) is 0 Å². The molecule has 0 unspecified atom stereocenters. The number of benzene rings is 2. The SMILES string of the molecule is Nc1ncc(C#Cc2ccc(F)c(C(=O)Nc3cc(C(F)(F)F)ccc3-n3cncn3)c2)cn1. The zero-order valence-electron chi connectivity index (χ0n) is 17.0. The smallest absolute Gasteiger partial charge is 0.368 e. The molecule has 0 saturated heterocycles. The summed E-state index contributed by atoms with van der Waals surface area (Å²) in [7, 11) is 0. The van der Waals surface area contributed by atoms with Gasteiger partial charge in [0.05, 0.1) is 28.1 Å². The van der Waals surface area contributed by atoms with Gasteiger partial charge in [-0.3, -0.25) is 4.79 Å². The third-order valence-electron chi connectivity index (χ3n) is 4.47. The summed E-state index contributed by atoms with van der Waals surface area (Å²) in [4.78, 5) is 24.2. The van der Waals surface area contributed by atoms with Crippen LogP contribution in [0.5, 0.6) is 0 Å². The molecule has 0 aliphatic carbocycles. The molecule has 34 heavy (non-hydrogen) atoms. The van der Waals surface area contributed by atoms with Gasteiger partial charge in [0.2, 0.25) is 5.95 Å². The predicted molar refractivity (Wildman–Crippen MR) is 113 cm³/mol. The topological polar surface area (TPSA) is 112 Å². The van der Waals surface area contributed by atoms with Gasteiger partial charge in [-0.25, -0.2) is 24.0 Å². The van der Waals surface area contributed by atoms with Gasteiger partial charge in [0, 0.05) is 18.0 Å². The second-order valence-electron chi connectivity index (χ2n) is 6.80. The molecule has 2 aromatic carbocycles. The van der Waals surface area contributed by atoms with Crippen LogP contribution in [0.1, 0.15) is 27.0 Å². The second kappa shape index (κ2) is 8.99. The van der Waals surface area contributed by atoms with Crippen LogP contribution in [0.3, 0.4) is 0 Å². The van der Waals surface area contributed by atoms with Crippen LogP contribution in [0, 0.1) is 17.7 Å². The summed E-state index contributed by atoms with van der Waals surface area (Å²) in [5.74, 6) is 3.71. The van der Waals surface area contributed by atoms with Crippen molar-refractivity contribution < 1.29 is 22.4 Å². The molecule has 2 heterocycles. The molecule has 0 atom stereocenters. The Morgan fingerprint density at radius 1 is 1.03 bits per heavy atom. The lowest BCUT2D eigenvalue weighted by Gasteiger charge is -2.14. The fraction of sp³-hybridized carbons (Fsp3) is 0.0455. The number of halogens is 4. The highest BCUT2D eigenvalue weighted by Gasteiger charge is 2.31. The van der Waals surface area contributed by atoms with Gasteiger partial charge in [-0.05, 0) is 36.4 Å². The lowest BCUT2D eigenvalue weighted by atomic mass is 10.1. The molecule has 0 spiro atoms. The van der Waals surface area contributed by atoms with Gasteiger partial charge in [0.1, 0.15) is 18.5 Å². The minimum Gasteiger partial charge on any atom is -0.368 e. The van der Waals surface area contributed by atoms with E-state index >= 15 is 0 Å². The van der Waals surface area contributed by atoms with Crippen molar-refractivity contribution in [1.29, 1.82) is 0 Å². The van der Waals surface area contributed by atoms with E-state index in [-0.39, 0.29) is 22.9 Å². The van der Waals surface area contributed by atoms with Gasteiger partial charge in [0.15, 0.2) is 0 Å². The molecule has 0 fully saturated rings. The minimum atomic E-state index is -4.66. The third-order valence-corrected chi connectivity index (χ3v) is 4.47. The van der Waals surface area contributed by atoms with Crippen LogP contribution in [0.25, 0.3) is 5.69 Å². The summed E-state index contributed by atoms with van der Waals surface area (Å²) < 4.78 is 55.3. The van der Waals surface area contributed by atoms with Gasteiger partial charge in [-0.2, -0.15) is 18.3 Å². The highest BCUT2D eigenvalue weighted by atomic mass is 19.4. The standard InChI is InChI=1S/C22H13F4N7O/c23-17-5-3-13(1-2-14-9-29-21(27)30-10-14)7-16(17)20(34)32-18-8-15(22(24,25)26)4-6-19(18)33-12-28-11-31-33/h3-12H,(H,32,34)(H2,27,29,30). The van der Waals surface area contributed by atoms with Gasteiger partial charge in [-0.15, -0.1) is 0 Å². The molecule has 3 N–H and O–H groups in total. The Labute approximate surface area is 189 Å². The first-order chi connectivity index (χ1) is 16.2. The van der Waals surface area contributed by atoms with Crippen LogP contribution in [-0.4, -0.2) is 30.6 Å². The van der Waals surface area contributed by atoms with Crippen molar-refractivity contribution in [2.75, 3.05) is 11.1 Å². The Bertz CT molecular complexity index is 1410. The first-order valence-corrected chi connectivity index (χ1v) is 9.47. The number of amides is 1. The van der Waals surface area contributed by atoms with Crippen LogP contribution >= 0.6 is 0 Å². The Hall–Kier alpha value is -4.79. The Balaban J connectivity index is 1.66. The molecule has 0 bridgehead atoms. The molecule has 0 aliphatic heterocycles. The molecule has 1 amide bonds. The summed E-state index contributed by atoms with van der Waals surface area (Å²) in [6.45, 7) is 0. The number of alkyl halides is 3. The molecule has 12 heteroatoms. The number of hydrogen-bond acceptors (Lipinski definition) is 6. The van der Waals surface area contributed by atoms with Crippen molar-refractivity contribution in [3.8, 4) is 17.5 Å². The normalized spacial score (nSPS) is 10.9. The number of nitrogen functional groups attached to an aromatic ring is 1. The third kappa shape index (κ3) is 4.99. The molecule has 8 nitrogen and oxygen atoms in total. The number of nitrogens with two attached hydrogens (primary N) is 1. The quantitative estimate of drug-likeness (QED) is 0.353. The average Bonchev–Trinajstić information content (AvgIpc) is 3.33. The predicted octanol–water partition coefficient (Wildman–Crippen LogP) is 3.45. The maximum atomic E-state index is 14.4. The van der Waals surface area contributed by atoms with E-state index in [2.05, 4.69) is 37.2 Å². The van der Waals surface area contributed by atoms with Crippen LogP contribution in [0.15, 0.2) is 61.4 Å². The summed E-state index contributed by atoms with van der Waals surface area (Å²) in [5.41, 5.74) is 4.59. The van der Waals surface area contributed by atoms with E-state index in [1.807, 2.05) is 0 Å². The maximum absolute atomic E-state index is 14.4. The van der Waals surface area contributed by atoms with E-state index in [9.17, 15) is 22.4 Å². The molecule has 0 radical (unpaired) electrons. The maximum Gasteiger partial charge on any atom is 0.416 e. The van der Waals surface area contributed by atoms with E-state index in [1.54, 1.807) is 0 Å². The van der Waals surface area contributed by atoms with E-state index < -0.39 is 29.0 Å². The number of anilines is 2.